The highest BCUT2D eigenvalue weighted by atomic mass is 31.2. The van der Waals surface area contributed by atoms with Crippen LogP contribution in [0.15, 0.2) is 60.8 Å². The lowest BCUT2D eigenvalue weighted by Crippen LogP contribution is -2.46. The van der Waals surface area contributed by atoms with Crippen molar-refractivity contribution in [2.75, 3.05) is 40.9 Å². The maximum absolute atomic E-state index is 12.9. The molecule has 0 radical (unpaired) electrons. The molecule has 0 fully saturated rings. The Labute approximate surface area is 434 Å². The molecule has 0 spiro atoms. The number of rotatable bonds is 54. The normalized spacial score (nSPS) is 14.3. The molecule has 0 saturated heterocycles. The smallest absolute Gasteiger partial charge is 0.391 e. The predicted octanol–water partition coefficient (Wildman–Crippen LogP) is 18.1. The van der Waals surface area contributed by atoms with Gasteiger partial charge in [0.1, 0.15) is 13.2 Å². The molecule has 0 heterocycles. The van der Waals surface area contributed by atoms with Gasteiger partial charge in [-0.3, -0.25) is 13.8 Å². The van der Waals surface area contributed by atoms with E-state index in [9.17, 15) is 19.4 Å². The molecule has 1 amide bonds. The molecule has 0 rings (SSSR count). The zero-order valence-electron chi connectivity index (χ0n) is 46.8. The Kier molecular flexibility index (Phi) is 50.7. The summed E-state index contributed by atoms with van der Waals surface area (Å²) in [6.45, 7) is 4.74. The Hall–Kier alpha value is -1.80. The van der Waals surface area contributed by atoms with Crippen molar-refractivity contribution in [3.8, 4) is 0 Å². The number of allylic oxidation sites excluding steroid dienone is 10. The number of hydrogen-bond acceptors (Lipinski definition) is 5. The summed E-state index contributed by atoms with van der Waals surface area (Å²) in [6.07, 6.45) is 70.6. The van der Waals surface area contributed by atoms with Crippen LogP contribution in [0.3, 0.4) is 0 Å². The summed E-state index contributed by atoms with van der Waals surface area (Å²) in [6, 6.07) is -0.756. The Morgan fingerprint density at radius 1 is 0.500 bits per heavy atom. The number of phosphoric ester groups is 1. The van der Waals surface area contributed by atoms with Gasteiger partial charge in [-0.15, -0.1) is 0 Å². The number of nitrogens with one attached hydrogen (secondary N) is 1. The number of hydrogen-bond donors (Lipinski definition) is 3. The van der Waals surface area contributed by atoms with E-state index in [0.29, 0.717) is 23.9 Å². The Balaban J connectivity index is 3.72. The van der Waals surface area contributed by atoms with E-state index in [1.807, 2.05) is 21.1 Å². The number of aliphatic hydroxyl groups is 1. The molecule has 70 heavy (non-hydrogen) atoms. The molecule has 0 aromatic carbocycles. The Morgan fingerprint density at radius 3 is 1.26 bits per heavy atom. The molecule has 9 heteroatoms. The van der Waals surface area contributed by atoms with E-state index < -0.39 is 20.0 Å². The van der Waals surface area contributed by atoms with Crippen LogP contribution in [0.25, 0.3) is 0 Å². The summed E-state index contributed by atoms with van der Waals surface area (Å²) in [4.78, 5) is 23.1. The number of aliphatic hydroxyl groups excluding tert-OH is 1. The van der Waals surface area contributed by atoms with E-state index in [2.05, 4.69) is 79.9 Å². The summed E-state index contributed by atoms with van der Waals surface area (Å²) in [5.74, 6) is -0.145. The molecule has 8 nitrogen and oxygen atoms in total. The average molecular weight is 1000 g/mol. The zero-order valence-corrected chi connectivity index (χ0v) is 47.7. The van der Waals surface area contributed by atoms with Gasteiger partial charge in [-0.05, 0) is 57.8 Å². The molecule has 3 atom stereocenters. The molecular formula is C61H116N2O6P+. The highest BCUT2D eigenvalue weighted by Gasteiger charge is 2.28. The molecule has 0 aliphatic carbocycles. The van der Waals surface area contributed by atoms with Crippen molar-refractivity contribution in [1.29, 1.82) is 0 Å². The van der Waals surface area contributed by atoms with Crippen LogP contribution in [0, 0.1) is 0 Å². The maximum atomic E-state index is 12.9. The van der Waals surface area contributed by atoms with E-state index >= 15 is 0 Å². The minimum absolute atomic E-state index is 0.0752. The molecule has 3 N–H and O–H groups in total. The molecule has 0 aromatic rings. The number of likely N-dealkylation sites (N-methyl/N-ethyl adjacent to an activating group) is 1. The molecule has 410 valence electrons. The van der Waals surface area contributed by atoms with E-state index in [-0.39, 0.29) is 19.1 Å². The van der Waals surface area contributed by atoms with Crippen molar-refractivity contribution in [3.05, 3.63) is 60.8 Å². The summed E-state index contributed by atoms with van der Waals surface area (Å²) in [5, 5.41) is 13.9. The van der Waals surface area contributed by atoms with Gasteiger partial charge in [0.2, 0.25) is 5.91 Å². The highest BCUT2D eigenvalue weighted by Crippen LogP contribution is 2.43. The van der Waals surface area contributed by atoms with Crippen molar-refractivity contribution in [2.24, 2.45) is 0 Å². The van der Waals surface area contributed by atoms with Crippen molar-refractivity contribution >= 4 is 13.7 Å². The molecule has 3 unspecified atom stereocenters. The van der Waals surface area contributed by atoms with Crippen LogP contribution in [0.2, 0.25) is 0 Å². The fraction of sp³-hybridized carbons (Fsp3) is 0.820. The molecule has 0 bridgehead atoms. The summed E-state index contributed by atoms with van der Waals surface area (Å²) >= 11 is 0. The van der Waals surface area contributed by atoms with Gasteiger partial charge in [0.05, 0.1) is 39.9 Å². The van der Waals surface area contributed by atoms with Gasteiger partial charge >= 0.3 is 7.82 Å². The Bertz CT molecular complexity index is 1320. The molecule has 0 saturated carbocycles. The van der Waals surface area contributed by atoms with Gasteiger partial charge in [-0.2, -0.15) is 0 Å². The van der Waals surface area contributed by atoms with Gasteiger partial charge in [0.25, 0.3) is 0 Å². The lowest BCUT2D eigenvalue weighted by molar-refractivity contribution is -0.870. The topological polar surface area (TPSA) is 105 Å². The number of quaternary nitrogens is 1. The van der Waals surface area contributed by atoms with Gasteiger partial charge in [-0.1, -0.05) is 267 Å². The average Bonchev–Trinajstić information content (AvgIpc) is 3.32. The third-order valence-electron chi connectivity index (χ3n) is 13.3. The van der Waals surface area contributed by atoms with Crippen LogP contribution >= 0.6 is 7.82 Å². The first-order chi connectivity index (χ1) is 34.0. The number of nitrogens with zero attached hydrogens (tertiary/aromatic N) is 1. The van der Waals surface area contributed by atoms with Crippen molar-refractivity contribution in [3.63, 3.8) is 0 Å². The van der Waals surface area contributed by atoms with E-state index in [1.165, 1.54) is 173 Å². The van der Waals surface area contributed by atoms with Gasteiger partial charge in [0, 0.05) is 6.42 Å². The minimum Gasteiger partial charge on any atom is -0.391 e. The second-order valence-corrected chi connectivity index (χ2v) is 22.8. The van der Waals surface area contributed by atoms with Crippen LogP contribution < -0.4 is 5.32 Å². The second kappa shape index (κ2) is 52.1. The number of unbranched alkanes of at least 4 members (excludes halogenated alkanes) is 31. The number of carbonyl (C=O) groups is 1. The largest absolute Gasteiger partial charge is 0.472 e. The van der Waals surface area contributed by atoms with Crippen LogP contribution in [-0.2, 0) is 18.4 Å². The number of phosphoric acid groups is 1. The lowest BCUT2D eigenvalue weighted by atomic mass is 10.0. The fourth-order valence-electron chi connectivity index (χ4n) is 8.66. The quantitative estimate of drug-likeness (QED) is 0.0243. The first-order valence-electron chi connectivity index (χ1n) is 29.7. The minimum atomic E-state index is -4.31. The third-order valence-corrected chi connectivity index (χ3v) is 14.3. The molecule has 0 aliphatic rings. The van der Waals surface area contributed by atoms with E-state index in [4.69, 9.17) is 9.05 Å². The highest BCUT2D eigenvalue weighted by molar-refractivity contribution is 7.47. The Morgan fingerprint density at radius 2 is 0.857 bits per heavy atom. The van der Waals surface area contributed by atoms with E-state index in [0.717, 1.165) is 70.6 Å². The SMILES string of the molecule is CC/C=C\C/C=C\C/C=C\C/C=C\C/C=C\CCCCCCCCCCCCCCCCCCCCCCCCCCCC(=O)NC(COP(=O)(O)OCC[N+](C)(C)C)C(O)CCCCCCCCC. The van der Waals surface area contributed by atoms with E-state index in [1.54, 1.807) is 0 Å². The summed E-state index contributed by atoms with van der Waals surface area (Å²) in [5.41, 5.74) is 0. The number of amides is 1. The molecule has 0 aliphatic heterocycles. The zero-order chi connectivity index (χ0) is 51.3. The van der Waals surface area contributed by atoms with Crippen LogP contribution in [-0.4, -0.2) is 73.4 Å². The summed E-state index contributed by atoms with van der Waals surface area (Å²) < 4.78 is 23.6. The maximum Gasteiger partial charge on any atom is 0.472 e. The van der Waals surface area contributed by atoms with Gasteiger partial charge in [-0.25, -0.2) is 4.57 Å². The van der Waals surface area contributed by atoms with Crippen LogP contribution in [0.4, 0.5) is 0 Å². The standard InChI is InChI=1S/C61H115N2O6P/c1-6-8-10-12-14-15-16-17-18-19-20-21-22-23-24-25-26-27-28-29-30-31-32-33-34-35-36-37-38-39-40-41-42-43-44-45-46-47-49-51-53-55-61(65)62-59(60(64)54-52-50-48-13-11-9-7-2)58-69-70(66,67)68-57-56-63(3,4)5/h8,10,14-15,17-18,20-21,23-24,59-60,64H,6-7,9,11-13,16,19,22,25-58H2,1-5H3,(H-,62,65,66,67)/p+1/b10-8-,15-14-,18-17-,21-20-,24-23-. The molecular weight excluding hydrogens is 888 g/mol. The summed E-state index contributed by atoms with van der Waals surface area (Å²) in [7, 11) is 1.62. The van der Waals surface area contributed by atoms with Crippen molar-refractivity contribution < 1.29 is 32.9 Å². The number of carbonyl (C=O) groups excluding carboxylic acids is 1. The van der Waals surface area contributed by atoms with Crippen molar-refractivity contribution in [2.45, 2.75) is 283 Å². The van der Waals surface area contributed by atoms with Crippen LogP contribution in [0.5, 0.6) is 0 Å². The van der Waals surface area contributed by atoms with Gasteiger partial charge < -0.3 is 19.8 Å². The van der Waals surface area contributed by atoms with Gasteiger partial charge in [0.15, 0.2) is 0 Å². The first kappa shape index (κ1) is 68.2. The van der Waals surface area contributed by atoms with Crippen molar-refractivity contribution in [1.82, 2.24) is 5.32 Å². The monoisotopic (exact) mass is 1000 g/mol. The fourth-order valence-corrected chi connectivity index (χ4v) is 9.40. The lowest BCUT2D eigenvalue weighted by Gasteiger charge is -2.26. The first-order valence-corrected chi connectivity index (χ1v) is 31.1. The third kappa shape index (κ3) is 54.0. The second-order valence-electron chi connectivity index (χ2n) is 21.3. The molecule has 0 aromatic heterocycles. The van der Waals surface area contributed by atoms with Crippen LogP contribution in [0.1, 0.15) is 271 Å². The predicted molar refractivity (Wildman–Crippen MR) is 304 cm³/mol.